The van der Waals surface area contributed by atoms with Crippen LogP contribution in [0.5, 0.6) is 5.75 Å². The molecule has 1 heterocycles. The van der Waals surface area contributed by atoms with Crippen molar-refractivity contribution in [2.45, 2.75) is 0 Å². The Morgan fingerprint density at radius 3 is 3.08 bits per heavy atom. The Labute approximate surface area is 74.3 Å². The second-order valence-electron chi connectivity index (χ2n) is 2.08. The van der Waals surface area contributed by atoms with Gasteiger partial charge < -0.3 is 20.9 Å². The number of rotatable bonds is 4. The summed E-state index contributed by atoms with van der Waals surface area (Å²) in [5.41, 5.74) is 5.50. The van der Waals surface area contributed by atoms with Crippen molar-refractivity contribution in [2.75, 3.05) is 31.3 Å². The molecule has 1 rings (SSSR count). The third-order valence-corrected chi connectivity index (χ3v) is 2.08. The molecule has 0 amide bonds. The maximum Gasteiger partial charge on any atom is 0.197 e. The lowest BCUT2D eigenvalue weighted by atomic mass is 10.5. The second-order valence-corrected chi connectivity index (χ2v) is 2.85. The number of methoxy groups -OCH3 is 1. The van der Waals surface area contributed by atoms with Crippen LogP contribution in [-0.4, -0.2) is 29.7 Å². The van der Waals surface area contributed by atoms with Crippen LogP contribution >= 0.6 is 11.5 Å². The van der Waals surface area contributed by atoms with Gasteiger partial charge in [0.25, 0.3) is 0 Å². The minimum atomic E-state index is 0.0704. The third-order valence-electron chi connectivity index (χ3n) is 1.28. The summed E-state index contributed by atoms with van der Waals surface area (Å²) in [7, 11) is 1.53. The molecule has 0 radical (unpaired) electrons. The van der Waals surface area contributed by atoms with E-state index in [0.29, 0.717) is 18.1 Å². The maximum atomic E-state index is 8.55. The molecule has 0 bridgehead atoms. The monoisotopic (exact) mass is 189 g/mol. The van der Waals surface area contributed by atoms with Gasteiger partial charge in [-0.25, -0.2) is 0 Å². The number of aliphatic hydroxyl groups is 1. The van der Waals surface area contributed by atoms with E-state index >= 15 is 0 Å². The van der Waals surface area contributed by atoms with Crippen molar-refractivity contribution in [2.24, 2.45) is 0 Å². The van der Waals surface area contributed by atoms with Crippen LogP contribution in [0.25, 0.3) is 0 Å². The van der Waals surface area contributed by atoms with Gasteiger partial charge in [0, 0.05) is 6.54 Å². The highest BCUT2D eigenvalue weighted by Crippen LogP contribution is 2.34. The molecule has 1 aromatic heterocycles. The van der Waals surface area contributed by atoms with Gasteiger partial charge in [-0.2, -0.15) is 4.37 Å². The molecule has 4 N–H and O–H groups in total. The molecule has 12 heavy (non-hydrogen) atoms. The Morgan fingerprint density at radius 2 is 2.50 bits per heavy atom. The fourth-order valence-corrected chi connectivity index (χ4v) is 1.48. The molecular formula is C6H11N3O2S. The Bertz CT molecular complexity index is 251. The van der Waals surface area contributed by atoms with Gasteiger partial charge in [0.05, 0.1) is 13.7 Å². The molecule has 0 atom stereocenters. The predicted octanol–water partition coefficient (Wildman–Crippen LogP) is 0.138. The summed E-state index contributed by atoms with van der Waals surface area (Å²) < 4.78 is 8.88. The average Bonchev–Trinajstić information content (AvgIpc) is 2.43. The highest BCUT2D eigenvalue weighted by molar-refractivity contribution is 7.11. The second kappa shape index (κ2) is 4.13. The minimum Gasteiger partial charge on any atom is -0.490 e. The van der Waals surface area contributed by atoms with Gasteiger partial charge in [0.2, 0.25) is 0 Å². The van der Waals surface area contributed by atoms with Crippen molar-refractivity contribution < 1.29 is 9.84 Å². The number of hydrogen-bond acceptors (Lipinski definition) is 6. The van der Waals surface area contributed by atoms with Crippen molar-refractivity contribution in [1.29, 1.82) is 0 Å². The van der Waals surface area contributed by atoms with Crippen LogP contribution in [-0.2, 0) is 0 Å². The van der Waals surface area contributed by atoms with E-state index in [1.54, 1.807) is 0 Å². The number of nitrogens with zero attached hydrogens (tertiary/aromatic N) is 1. The molecule has 68 valence electrons. The van der Waals surface area contributed by atoms with Crippen molar-refractivity contribution in [3.63, 3.8) is 0 Å². The number of nitrogens with two attached hydrogens (primary N) is 1. The smallest absolute Gasteiger partial charge is 0.197 e. The zero-order chi connectivity index (χ0) is 8.97. The largest absolute Gasteiger partial charge is 0.490 e. The lowest BCUT2D eigenvalue weighted by molar-refractivity contribution is 0.311. The van der Waals surface area contributed by atoms with Crippen LogP contribution in [0.2, 0.25) is 0 Å². The van der Waals surface area contributed by atoms with Gasteiger partial charge in [-0.1, -0.05) is 0 Å². The lowest BCUT2D eigenvalue weighted by Gasteiger charge is -2.02. The summed E-state index contributed by atoms with van der Waals surface area (Å²) in [6.45, 7) is 0.541. The molecule has 1 aromatic rings. The molecule has 0 aliphatic carbocycles. The van der Waals surface area contributed by atoms with E-state index in [0.717, 1.165) is 5.00 Å². The number of nitrogens with one attached hydrogen (secondary N) is 1. The molecule has 0 unspecified atom stereocenters. The quantitative estimate of drug-likeness (QED) is 0.627. The Kier molecular flexibility index (Phi) is 3.12. The van der Waals surface area contributed by atoms with Gasteiger partial charge in [0.15, 0.2) is 16.6 Å². The Morgan fingerprint density at radius 1 is 1.75 bits per heavy atom. The fraction of sp³-hybridized carbons (Fsp3) is 0.500. The minimum absolute atomic E-state index is 0.0704. The zero-order valence-electron chi connectivity index (χ0n) is 6.70. The summed E-state index contributed by atoms with van der Waals surface area (Å²) >= 11 is 1.22. The predicted molar refractivity (Wildman–Crippen MR) is 48.7 cm³/mol. The standard InChI is InChI=1S/C6H11N3O2S/c1-11-4-5(7)9-12-6(4)8-2-3-10/h8,10H,2-3H2,1H3,(H2,7,9). The van der Waals surface area contributed by atoms with Gasteiger partial charge in [-0.15, -0.1) is 0 Å². The molecule has 0 aliphatic heterocycles. The fourth-order valence-electron chi connectivity index (χ4n) is 0.773. The summed E-state index contributed by atoms with van der Waals surface area (Å²) in [5.74, 6) is 0.927. The highest BCUT2D eigenvalue weighted by atomic mass is 32.1. The van der Waals surface area contributed by atoms with Crippen molar-refractivity contribution >= 4 is 22.4 Å². The summed E-state index contributed by atoms with van der Waals surface area (Å²) in [4.78, 5) is 0. The zero-order valence-corrected chi connectivity index (χ0v) is 7.52. The van der Waals surface area contributed by atoms with E-state index in [9.17, 15) is 0 Å². The normalized spacial score (nSPS) is 9.83. The average molecular weight is 189 g/mol. The molecule has 0 fully saturated rings. The molecule has 0 saturated heterocycles. The number of anilines is 2. The Balaban J connectivity index is 2.70. The van der Waals surface area contributed by atoms with Crippen molar-refractivity contribution in [3.8, 4) is 5.75 Å². The maximum absolute atomic E-state index is 8.55. The highest BCUT2D eigenvalue weighted by Gasteiger charge is 2.10. The van der Waals surface area contributed by atoms with Crippen LogP contribution in [0.1, 0.15) is 0 Å². The molecular weight excluding hydrogens is 178 g/mol. The number of ether oxygens (including phenoxy) is 1. The van der Waals surface area contributed by atoms with Crippen molar-refractivity contribution in [3.05, 3.63) is 0 Å². The number of aliphatic hydroxyl groups excluding tert-OH is 1. The number of hydrogen-bond donors (Lipinski definition) is 3. The molecule has 0 aliphatic rings. The SMILES string of the molecule is COc1c(N)nsc1NCCO. The van der Waals surface area contributed by atoms with E-state index in [-0.39, 0.29) is 6.61 Å². The Hall–Kier alpha value is -1.01. The molecule has 6 heteroatoms. The van der Waals surface area contributed by atoms with E-state index in [1.807, 2.05) is 0 Å². The van der Waals surface area contributed by atoms with Crippen LogP contribution in [0.3, 0.4) is 0 Å². The number of nitrogen functional groups attached to an aromatic ring is 1. The van der Waals surface area contributed by atoms with Crippen LogP contribution in [0, 0.1) is 0 Å². The topological polar surface area (TPSA) is 80.4 Å². The first kappa shape index (κ1) is 9.08. The van der Waals surface area contributed by atoms with Gasteiger partial charge >= 0.3 is 0 Å². The molecule has 0 aromatic carbocycles. The first-order valence-corrected chi connectivity index (χ1v) is 4.20. The van der Waals surface area contributed by atoms with E-state index in [2.05, 4.69) is 9.69 Å². The van der Waals surface area contributed by atoms with E-state index in [4.69, 9.17) is 15.6 Å². The third kappa shape index (κ3) is 1.77. The van der Waals surface area contributed by atoms with Gasteiger partial charge in [-0.3, -0.25) is 0 Å². The molecule has 5 nitrogen and oxygen atoms in total. The molecule has 0 spiro atoms. The lowest BCUT2D eigenvalue weighted by Crippen LogP contribution is -2.05. The van der Waals surface area contributed by atoms with Gasteiger partial charge in [0.1, 0.15) is 0 Å². The van der Waals surface area contributed by atoms with E-state index in [1.165, 1.54) is 18.6 Å². The van der Waals surface area contributed by atoms with Crippen LogP contribution in [0.15, 0.2) is 0 Å². The van der Waals surface area contributed by atoms with Crippen LogP contribution < -0.4 is 15.8 Å². The van der Waals surface area contributed by atoms with E-state index < -0.39 is 0 Å². The van der Waals surface area contributed by atoms with Crippen LogP contribution in [0.4, 0.5) is 10.8 Å². The van der Waals surface area contributed by atoms with Crippen molar-refractivity contribution in [1.82, 2.24) is 4.37 Å². The summed E-state index contributed by atoms with van der Waals surface area (Å²) in [6, 6.07) is 0. The van der Waals surface area contributed by atoms with Gasteiger partial charge in [-0.05, 0) is 11.5 Å². The number of aromatic nitrogens is 1. The molecule has 0 saturated carbocycles. The first-order chi connectivity index (χ1) is 5.79. The summed E-state index contributed by atoms with van der Waals surface area (Å²) in [5, 5.41) is 12.2. The summed E-state index contributed by atoms with van der Waals surface area (Å²) in [6.07, 6.45) is 0. The first-order valence-electron chi connectivity index (χ1n) is 3.43.